The lowest BCUT2D eigenvalue weighted by atomic mass is 10.0. The molecule has 14 heteroatoms. The van der Waals surface area contributed by atoms with E-state index >= 15 is 0 Å². The van der Waals surface area contributed by atoms with Crippen molar-refractivity contribution in [2.75, 3.05) is 6.54 Å². The van der Waals surface area contributed by atoms with E-state index in [-0.39, 0.29) is 24.5 Å². The van der Waals surface area contributed by atoms with Gasteiger partial charge in [-0.15, -0.1) is 0 Å². The van der Waals surface area contributed by atoms with Gasteiger partial charge < -0.3 is 19.5 Å². The summed E-state index contributed by atoms with van der Waals surface area (Å²) in [6.45, 7) is 3.83. The van der Waals surface area contributed by atoms with Crippen molar-refractivity contribution in [3.8, 4) is 0 Å². The second-order valence-electron chi connectivity index (χ2n) is 9.24. The first-order valence-electron chi connectivity index (χ1n) is 10.8. The minimum atomic E-state index is -5.01. The Morgan fingerprint density at radius 1 is 1.06 bits per heavy atom. The lowest BCUT2D eigenvalue weighted by Gasteiger charge is -2.30. The fourth-order valence-corrected chi connectivity index (χ4v) is 3.66. The van der Waals surface area contributed by atoms with E-state index in [4.69, 9.17) is 4.74 Å². The van der Waals surface area contributed by atoms with Crippen molar-refractivity contribution in [1.82, 2.24) is 19.8 Å². The van der Waals surface area contributed by atoms with Crippen LogP contribution in [-0.2, 0) is 35.2 Å². The van der Waals surface area contributed by atoms with E-state index < -0.39 is 78.3 Å². The maximum atomic E-state index is 14.2. The maximum absolute atomic E-state index is 14.2. The molecule has 2 heterocycles. The maximum Gasteiger partial charge on any atom is 0.437 e. The molecule has 0 unspecified atom stereocenters. The average molecular weight is 524 g/mol. The number of alkyl carbamates (subject to hydrolysis) is 1. The first kappa shape index (κ1) is 27.3. The lowest BCUT2D eigenvalue weighted by molar-refractivity contribution is -0.143. The van der Waals surface area contributed by atoms with Crippen LogP contribution in [0.4, 0.5) is 35.5 Å². The van der Waals surface area contributed by atoms with Crippen LogP contribution in [0.2, 0.25) is 0 Å². The standard InChI is InChI=1S/C22H23F7N4O3/c1-21(2,3)36-20(35)30-12(6-11-7-14(24)15(25)9-13(11)23)8-17(34)32-4-5-33-16(10-32)31-18(19(33)26)22(27,28)29/h7,9,12H,4-6,8,10H2,1-3H3,(H,30,35)/t12-/m1/s1. The molecule has 2 aromatic rings. The van der Waals surface area contributed by atoms with Gasteiger partial charge in [-0.1, -0.05) is 0 Å². The summed E-state index contributed by atoms with van der Waals surface area (Å²) in [4.78, 5) is 29.6. The number of fused-ring (bicyclic) bond motifs is 1. The molecule has 0 saturated carbocycles. The quantitative estimate of drug-likeness (QED) is 0.467. The van der Waals surface area contributed by atoms with E-state index in [0.717, 1.165) is 9.47 Å². The summed E-state index contributed by atoms with van der Waals surface area (Å²) in [6, 6.07) is -0.234. The van der Waals surface area contributed by atoms with Gasteiger partial charge in [-0.3, -0.25) is 4.79 Å². The lowest BCUT2D eigenvalue weighted by Crippen LogP contribution is -2.45. The van der Waals surface area contributed by atoms with Crippen molar-refractivity contribution in [3.05, 3.63) is 52.6 Å². The summed E-state index contributed by atoms with van der Waals surface area (Å²) in [5.41, 5.74) is -2.94. The third-order valence-electron chi connectivity index (χ3n) is 5.23. The van der Waals surface area contributed by atoms with Crippen LogP contribution in [0, 0.1) is 23.4 Å². The van der Waals surface area contributed by atoms with Crippen molar-refractivity contribution in [2.24, 2.45) is 0 Å². The highest BCUT2D eigenvalue weighted by Gasteiger charge is 2.41. The molecule has 0 fully saturated rings. The number of aromatic nitrogens is 2. The average Bonchev–Trinajstić information content (AvgIpc) is 3.07. The molecule has 198 valence electrons. The number of alkyl halides is 3. The molecule has 36 heavy (non-hydrogen) atoms. The minimum Gasteiger partial charge on any atom is -0.444 e. The third kappa shape index (κ3) is 6.46. The fraction of sp³-hybridized carbons (Fsp3) is 0.500. The Kier molecular flexibility index (Phi) is 7.55. The van der Waals surface area contributed by atoms with Gasteiger partial charge in [-0.25, -0.2) is 22.9 Å². The number of hydrogen-bond donors (Lipinski definition) is 1. The molecular formula is C22H23F7N4O3. The van der Waals surface area contributed by atoms with Crippen molar-refractivity contribution in [1.29, 1.82) is 0 Å². The first-order chi connectivity index (χ1) is 16.5. The molecule has 7 nitrogen and oxygen atoms in total. The number of nitrogens with zero attached hydrogens (tertiary/aromatic N) is 3. The largest absolute Gasteiger partial charge is 0.444 e. The number of carbonyl (C=O) groups excluding carboxylic acids is 2. The highest BCUT2D eigenvalue weighted by Crippen LogP contribution is 2.32. The van der Waals surface area contributed by atoms with Crippen LogP contribution in [0.3, 0.4) is 0 Å². The Morgan fingerprint density at radius 2 is 1.69 bits per heavy atom. The van der Waals surface area contributed by atoms with Gasteiger partial charge in [0.25, 0.3) is 0 Å². The molecule has 1 N–H and O–H groups in total. The molecule has 3 rings (SSSR count). The zero-order chi connectivity index (χ0) is 27.0. The van der Waals surface area contributed by atoms with E-state index in [2.05, 4.69) is 10.3 Å². The smallest absolute Gasteiger partial charge is 0.437 e. The van der Waals surface area contributed by atoms with Crippen molar-refractivity contribution < 1.29 is 45.1 Å². The van der Waals surface area contributed by atoms with Crippen LogP contribution in [0.5, 0.6) is 0 Å². The summed E-state index contributed by atoms with van der Waals surface area (Å²) in [6.07, 6.45) is -6.90. The summed E-state index contributed by atoms with van der Waals surface area (Å²) in [7, 11) is 0. The van der Waals surface area contributed by atoms with E-state index in [0.29, 0.717) is 12.1 Å². The number of rotatable bonds is 5. The molecule has 1 aromatic heterocycles. The Morgan fingerprint density at radius 3 is 2.31 bits per heavy atom. The minimum absolute atomic E-state index is 0.158. The molecule has 1 aliphatic heterocycles. The molecule has 2 amide bonds. The van der Waals surface area contributed by atoms with Gasteiger partial charge in [0, 0.05) is 31.6 Å². The molecule has 1 aromatic carbocycles. The molecular weight excluding hydrogens is 501 g/mol. The summed E-state index contributed by atoms with van der Waals surface area (Å²) >= 11 is 0. The Balaban J connectivity index is 1.79. The van der Waals surface area contributed by atoms with Crippen molar-refractivity contribution in [3.63, 3.8) is 0 Å². The zero-order valence-corrected chi connectivity index (χ0v) is 19.5. The first-order valence-corrected chi connectivity index (χ1v) is 10.8. The predicted molar refractivity (Wildman–Crippen MR) is 110 cm³/mol. The van der Waals surface area contributed by atoms with E-state index in [1.165, 1.54) is 0 Å². The molecule has 0 spiro atoms. The predicted octanol–water partition coefficient (Wildman–Crippen LogP) is 4.33. The van der Waals surface area contributed by atoms with Crippen LogP contribution in [0.25, 0.3) is 0 Å². The summed E-state index contributed by atoms with van der Waals surface area (Å²) in [5, 5.41) is 2.38. The molecule has 0 aliphatic carbocycles. The van der Waals surface area contributed by atoms with Crippen molar-refractivity contribution in [2.45, 2.75) is 64.5 Å². The number of hydrogen-bond acceptors (Lipinski definition) is 4. The summed E-state index contributed by atoms with van der Waals surface area (Å²) < 4.78 is 100. The molecule has 0 radical (unpaired) electrons. The van der Waals surface area contributed by atoms with E-state index in [9.17, 15) is 40.3 Å². The highest BCUT2D eigenvalue weighted by molar-refractivity contribution is 5.78. The Hall–Kier alpha value is -3.32. The van der Waals surface area contributed by atoms with Gasteiger partial charge in [0.15, 0.2) is 17.3 Å². The SMILES string of the molecule is CC(C)(C)OC(=O)N[C@@H](CC(=O)N1CCn2c(nc(C(F)(F)F)c2F)C1)Cc1cc(F)c(F)cc1F. The topological polar surface area (TPSA) is 76.5 Å². The molecule has 1 aliphatic rings. The van der Waals surface area contributed by atoms with Crippen LogP contribution < -0.4 is 5.32 Å². The van der Waals surface area contributed by atoms with E-state index in [1.807, 2.05) is 0 Å². The monoisotopic (exact) mass is 524 g/mol. The number of benzene rings is 1. The van der Waals surface area contributed by atoms with Gasteiger partial charge >= 0.3 is 12.3 Å². The molecule has 1 atom stereocenters. The highest BCUT2D eigenvalue weighted by atomic mass is 19.4. The van der Waals surface area contributed by atoms with Crippen LogP contribution in [0.1, 0.15) is 44.3 Å². The number of nitrogens with one attached hydrogen (secondary N) is 1. The summed E-state index contributed by atoms with van der Waals surface area (Å²) in [5.74, 6) is -6.40. The van der Waals surface area contributed by atoms with Gasteiger partial charge in [-0.05, 0) is 38.8 Å². The van der Waals surface area contributed by atoms with Gasteiger partial charge in [-0.2, -0.15) is 17.6 Å². The second-order valence-corrected chi connectivity index (χ2v) is 9.24. The van der Waals surface area contributed by atoms with Crippen LogP contribution >= 0.6 is 0 Å². The number of ether oxygens (including phenoxy) is 1. The Bertz CT molecular complexity index is 1160. The van der Waals surface area contributed by atoms with Gasteiger partial charge in [0.05, 0.1) is 6.54 Å². The van der Waals surface area contributed by atoms with Crippen LogP contribution in [0.15, 0.2) is 12.1 Å². The number of amides is 2. The molecule has 0 bridgehead atoms. The van der Waals surface area contributed by atoms with Gasteiger partial charge in [0.1, 0.15) is 17.2 Å². The van der Waals surface area contributed by atoms with E-state index in [1.54, 1.807) is 20.8 Å². The fourth-order valence-electron chi connectivity index (χ4n) is 3.66. The van der Waals surface area contributed by atoms with Crippen molar-refractivity contribution >= 4 is 12.0 Å². The third-order valence-corrected chi connectivity index (χ3v) is 5.23. The number of halogens is 7. The van der Waals surface area contributed by atoms with Gasteiger partial charge in [0.2, 0.25) is 11.9 Å². The Labute approximate surface area is 201 Å². The number of carbonyl (C=O) groups is 2. The molecule has 0 saturated heterocycles. The zero-order valence-electron chi connectivity index (χ0n) is 19.5. The second kappa shape index (κ2) is 9.97. The number of imidazole rings is 1. The normalized spacial score (nSPS) is 14.9. The van der Waals surface area contributed by atoms with Crippen LogP contribution in [-0.4, -0.2) is 44.6 Å².